The van der Waals surface area contributed by atoms with Crippen LogP contribution in [0.4, 0.5) is 0 Å². The second-order valence-corrected chi connectivity index (χ2v) is 3.13. The Kier molecular flexibility index (Phi) is 7.39. The molecule has 0 rings (SSSR count). The van der Waals surface area contributed by atoms with Crippen LogP contribution < -0.4 is 0 Å². The molecule has 0 radical (unpaired) electrons. The van der Waals surface area contributed by atoms with Gasteiger partial charge in [0.1, 0.15) is 0 Å². The summed E-state index contributed by atoms with van der Waals surface area (Å²) in [6.45, 7) is 0. The Morgan fingerprint density at radius 1 is 1.40 bits per heavy atom. The third kappa shape index (κ3) is 1010. The third-order valence-corrected chi connectivity index (χ3v) is 0. The summed E-state index contributed by atoms with van der Waals surface area (Å²) in [4.78, 5) is 0. The Bertz CT molecular complexity index is 14.4. The van der Waals surface area contributed by atoms with E-state index in [0.29, 0.717) is 0 Å². The summed E-state index contributed by atoms with van der Waals surface area (Å²) >= 11 is 0. The number of rotatable bonds is 0. The van der Waals surface area contributed by atoms with Crippen molar-refractivity contribution in [2.24, 2.45) is 0 Å². The SMILES string of the molecule is CN(C)[SiH3].O. The molecule has 2 nitrogen and oxygen atoms in total. The summed E-state index contributed by atoms with van der Waals surface area (Å²) in [5.41, 5.74) is 0. The lowest BCUT2D eigenvalue weighted by Crippen LogP contribution is -2.02. The molecule has 0 bridgehead atoms. The molecule has 0 saturated heterocycles. The highest BCUT2D eigenvalue weighted by molar-refractivity contribution is 6.03. The molecule has 0 spiro atoms. The summed E-state index contributed by atoms with van der Waals surface area (Å²) in [5, 5.41) is 0. The van der Waals surface area contributed by atoms with E-state index >= 15 is 0 Å². The van der Waals surface area contributed by atoms with Gasteiger partial charge >= 0.3 is 0 Å². The Hall–Kier alpha value is 0.137. The number of hydrogen-bond acceptors (Lipinski definition) is 1. The minimum Gasteiger partial charge on any atom is -0.412 e. The van der Waals surface area contributed by atoms with Crippen LogP contribution in [-0.4, -0.2) is 34.5 Å². The normalized spacial score (nSPS) is 7.80. The first-order valence-electron chi connectivity index (χ1n) is 1.34. The molecule has 0 saturated carbocycles. The highest BCUT2D eigenvalue weighted by atomic mass is 28.2. The monoisotopic (exact) mass is 93.1 g/mol. The lowest BCUT2D eigenvalue weighted by Gasteiger charge is -1.90. The quantitative estimate of drug-likeness (QED) is 0.319. The first-order chi connectivity index (χ1) is 1.73. The van der Waals surface area contributed by atoms with Crippen molar-refractivity contribution in [3.63, 3.8) is 0 Å². The third-order valence-electron chi connectivity index (χ3n) is 0. The van der Waals surface area contributed by atoms with E-state index in [4.69, 9.17) is 0 Å². The second kappa shape index (κ2) is 4.14. The summed E-state index contributed by atoms with van der Waals surface area (Å²) < 4.78 is 2.14. The topological polar surface area (TPSA) is 34.7 Å². The maximum absolute atomic E-state index is 2.14. The molecule has 2 N–H and O–H groups in total. The first kappa shape index (κ1) is 8.93. The van der Waals surface area contributed by atoms with Crippen molar-refractivity contribution in [2.45, 2.75) is 0 Å². The first-order valence-corrected chi connectivity index (χ1v) is 2.24. The van der Waals surface area contributed by atoms with E-state index < -0.39 is 0 Å². The fraction of sp³-hybridized carbons (Fsp3) is 1.00. The largest absolute Gasteiger partial charge is 0.412 e. The van der Waals surface area contributed by atoms with Crippen LogP contribution in [0, 0.1) is 0 Å². The van der Waals surface area contributed by atoms with Crippen molar-refractivity contribution < 1.29 is 5.48 Å². The zero-order chi connectivity index (χ0) is 3.58. The average Bonchev–Trinajstić information content (AvgIpc) is 0.811. The van der Waals surface area contributed by atoms with Crippen LogP contribution in [0.15, 0.2) is 0 Å². The van der Waals surface area contributed by atoms with Crippen molar-refractivity contribution in [1.82, 2.24) is 4.57 Å². The van der Waals surface area contributed by atoms with Crippen molar-refractivity contribution in [1.29, 1.82) is 0 Å². The van der Waals surface area contributed by atoms with Crippen molar-refractivity contribution in [3.05, 3.63) is 0 Å². The predicted molar refractivity (Wildman–Crippen MR) is 27.2 cm³/mol. The fourth-order valence-electron chi connectivity index (χ4n) is 0. The molecular weight excluding hydrogens is 82.1 g/mol. The molecule has 0 aliphatic carbocycles. The van der Waals surface area contributed by atoms with Gasteiger partial charge in [0.2, 0.25) is 0 Å². The molecular formula is C2H11NOSi. The Labute approximate surface area is 35.6 Å². The molecule has 0 atom stereocenters. The van der Waals surface area contributed by atoms with Crippen molar-refractivity contribution in [2.75, 3.05) is 14.1 Å². The van der Waals surface area contributed by atoms with Crippen LogP contribution in [0.5, 0.6) is 0 Å². The van der Waals surface area contributed by atoms with Gasteiger partial charge in [-0.3, -0.25) is 0 Å². The Balaban J connectivity index is 0. The second-order valence-electron chi connectivity index (χ2n) is 1.34. The lowest BCUT2D eigenvalue weighted by atomic mass is 11.3. The van der Waals surface area contributed by atoms with Gasteiger partial charge in [0.15, 0.2) is 0 Å². The maximum atomic E-state index is 2.14. The van der Waals surface area contributed by atoms with E-state index in [0.717, 1.165) is 0 Å². The van der Waals surface area contributed by atoms with Crippen LogP contribution in [-0.2, 0) is 0 Å². The summed E-state index contributed by atoms with van der Waals surface area (Å²) in [6, 6.07) is 0. The van der Waals surface area contributed by atoms with Gasteiger partial charge in [-0.2, -0.15) is 0 Å². The lowest BCUT2D eigenvalue weighted by molar-refractivity contribution is 0.679. The van der Waals surface area contributed by atoms with Gasteiger partial charge in [0.05, 0.1) is 10.4 Å². The van der Waals surface area contributed by atoms with Gasteiger partial charge in [-0.05, 0) is 14.1 Å². The van der Waals surface area contributed by atoms with Crippen LogP contribution in [0.3, 0.4) is 0 Å². The summed E-state index contributed by atoms with van der Waals surface area (Å²) in [6.07, 6.45) is 0. The summed E-state index contributed by atoms with van der Waals surface area (Å²) in [5.74, 6) is 0. The Morgan fingerprint density at radius 2 is 1.40 bits per heavy atom. The van der Waals surface area contributed by atoms with E-state index in [-0.39, 0.29) is 5.48 Å². The molecule has 0 heterocycles. The molecule has 0 aromatic carbocycles. The van der Waals surface area contributed by atoms with Crippen molar-refractivity contribution in [3.8, 4) is 0 Å². The highest BCUT2D eigenvalue weighted by Gasteiger charge is 1.58. The van der Waals surface area contributed by atoms with E-state index in [2.05, 4.69) is 18.7 Å². The molecule has 0 aliphatic heterocycles. The standard InChI is InChI=1S/C2H9NSi.H2O/c1-3(2)4;/h1-2,4H3;1H2. The molecule has 0 amide bonds. The molecule has 0 fully saturated rings. The van der Waals surface area contributed by atoms with Gasteiger partial charge in [-0.15, -0.1) is 0 Å². The van der Waals surface area contributed by atoms with E-state index in [1.54, 1.807) is 0 Å². The number of hydrogen-bond donors (Lipinski definition) is 0. The van der Waals surface area contributed by atoms with Crippen LogP contribution in [0.2, 0.25) is 0 Å². The van der Waals surface area contributed by atoms with Crippen LogP contribution >= 0.6 is 0 Å². The van der Waals surface area contributed by atoms with Gasteiger partial charge in [0, 0.05) is 0 Å². The van der Waals surface area contributed by atoms with E-state index in [1.807, 2.05) is 0 Å². The van der Waals surface area contributed by atoms with Gasteiger partial charge in [0.25, 0.3) is 0 Å². The smallest absolute Gasteiger partial charge is 0.0777 e. The highest BCUT2D eigenvalue weighted by Crippen LogP contribution is 1.44. The van der Waals surface area contributed by atoms with E-state index in [1.165, 1.54) is 10.4 Å². The minimum atomic E-state index is 0. The molecule has 3 heteroatoms. The average molecular weight is 93.2 g/mol. The predicted octanol–water partition coefficient (Wildman–Crippen LogP) is -2.00. The van der Waals surface area contributed by atoms with Gasteiger partial charge < -0.3 is 10.0 Å². The zero-order valence-corrected chi connectivity index (χ0v) is 5.95. The molecule has 0 aromatic rings. The number of nitrogens with zero attached hydrogens (tertiary/aromatic N) is 1. The molecule has 0 aliphatic rings. The Morgan fingerprint density at radius 3 is 1.40 bits per heavy atom. The zero-order valence-electron chi connectivity index (χ0n) is 3.95. The maximum Gasteiger partial charge on any atom is 0.0777 e. The van der Waals surface area contributed by atoms with Crippen molar-refractivity contribution >= 4 is 10.4 Å². The van der Waals surface area contributed by atoms with E-state index in [9.17, 15) is 0 Å². The van der Waals surface area contributed by atoms with Gasteiger partial charge in [-0.1, -0.05) is 0 Å². The molecule has 5 heavy (non-hydrogen) atoms. The molecule has 0 aromatic heterocycles. The fourth-order valence-corrected chi connectivity index (χ4v) is 0. The molecule has 34 valence electrons. The summed E-state index contributed by atoms with van der Waals surface area (Å²) in [7, 11) is 5.31. The molecule has 0 unspecified atom stereocenters. The van der Waals surface area contributed by atoms with Crippen LogP contribution in [0.1, 0.15) is 0 Å². The minimum absolute atomic E-state index is 0. The van der Waals surface area contributed by atoms with Gasteiger partial charge in [-0.25, -0.2) is 0 Å². The van der Waals surface area contributed by atoms with Crippen LogP contribution in [0.25, 0.3) is 0 Å².